The van der Waals surface area contributed by atoms with Crippen molar-refractivity contribution in [2.75, 3.05) is 6.61 Å². The van der Waals surface area contributed by atoms with Crippen molar-refractivity contribution in [3.63, 3.8) is 0 Å². The minimum atomic E-state index is -0.465. The van der Waals surface area contributed by atoms with Crippen molar-refractivity contribution in [1.29, 1.82) is 0 Å². The SMILES string of the molecule is CC(=O)OC1COO1. The van der Waals surface area contributed by atoms with Crippen molar-refractivity contribution in [1.82, 2.24) is 0 Å². The van der Waals surface area contributed by atoms with Gasteiger partial charge in [0.05, 0.1) is 0 Å². The Kier molecular flexibility index (Phi) is 1.45. The minimum absolute atomic E-state index is 0.347. The lowest BCUT2D eigenvalue weighted by atomic mass is 10.6. The summed E-state index contributed by atoms with van der Waals surface area (Å²) < 4.78 is 4.50. The van der Waals surface area contributed by atoms with Crippen LogP contribution in [0.3, 0.4) is 0 Å². The predicted molar refractivity (Wildman–Crippen MR) is 22.6 cm³/mol. The molecule has 0 N–H and O–H groups in total. The summed E-state index contributed by atoms with van der Waals surface area (Å²) in [7, 11) is 0. The molecule has 0 aromatic heterocycles. The average molecular weight is 118 g/mol. The number of esters is 1. The monoisotopic (exact) mass is 118 g/mol. The van der Waals surface area contributed by atoms with Crippen LogP contribution in [0.5, 0.6) is 0 Å². The Morgan fingerprint density at radius 1 is 1.88 bits per heavy atom. The van der Waals surface area contributed by atoms with Crippen LogP contribution in [0.2, 0.25) is 0 Å². The number of ether oxygens (including phenoxy) is 1. The number of carbonyl (C=O) groups is 1. The summed E-state index contributed by atoms with van der Waals surface area (Å²) in [4.78, 5) is 18.6. The fraction of sp³-hybridized carbons (Fsp3) is 0.750. The van der Waals surface area contributed by atoms with E-state index in [1.165, 1.54) is 6.92 Å². The summed E-state index contributed by atoms with van der Waals surface area (Å²) in [5.74, 6) is -0.349. The molecule has 1 rings (SSSR count). The third kappa shape index (κ3) is 1.18. The fourth-order valence-electron chi connectivity index (χ4n) is 0.362. The molecule has 0 bridgehead atoms. The van der Waals surface area contributed by atoms with Crippen LogP contribution in [0.25, 0.3) is 0 Å². The van der Waals surface area contributed by atoms with Gasteiger partial charge in [0.25, 0.3) is 6.29 Å². The normalized spacial score (nSPS) is 26.4. The van der Waals surface area contributed by atoms with E-state index in [1.807, 2.05) is 0 Å². The molecule has 1 heterocycles. The van der Waals surface area contributed by atoms with E-state index >= 15 is 0 Å². The van der Waals surface area contributed by atoms with E-state index < -0.39 is 6.29 Å². The highest BCUT2D eigenvalue weighted by Gasteiger charge is 2.22. The van der Waals surface area contributed by atoms with Crippen LogP contribution in [0.4, 0.5) is 0 Å². The molecule has 1 atom stereocenters. The fourth-order valence-corrected chi connectivity index (χ4v) is 0.362. The van der Waals surface area contributed by atoms with Crippen LogP contribution in [0, 0.1) is 0 Å². The molecule has 0 saturated carbocycles. The molecule has 1 fully saturated rings. The van der Waals surface area contributed by atoms with E-state index in [9.17, 15) is 4.79 Å². The topological polar surface area (TPSA) is 44.8 Å². The lowest BCUT2D eigenvalue weighted by molar-refractivity contribution is -0.473. The smallest absolute Gasteiger partial charge is 0.305 e. The molecular weight excluding hydrogens is 112 g/mol. The third-order valence-corrected chi connectivity index (χ3v) is 0.677. The average Bonchev–Trinajstić information content (AvgIpc) is 1.55. The van der Waals surface area contributed by atoms with Crippen molar-refractivity contribution < 1.29 is 19.3 Å². The van der Waals surface area contributed by atoms with Gasteiger partial charge in [-0.15, -0.1) is 0 Å². The number of hydrogen-bond donors (Lipinski definition) is 0. The summed E-state index contributed by atoms with van der Waals surface area (Å²) in [6.45, 7) is 1.67. The molecule has 0 aliphatic carbocycles. The molecule has 46 valence electrons. The minimum Gasteiger partial charge on any atom is -0.430 e. The van der Waals surface area contributed by atoms with Crippen LogP contribution >= 0.6 is 0 Å². The van der Waals surface area contributed by atoms with E-state index in [1.54, 1.807) is 0 Å². The molecule has 1 saturated heterocycles. The van der Waals surface area contributed by atoms with Crippen molar-refractivity contribution in [2.24, 2.45) is 0 Å². The maximum absolute atomic E-state index is 10.1. The van der Waals surface area contributed by atoms with E-state index in [0.717, 1.165) is 0 Å². The summed E-state index contributed by atoms with van der Waals surface area (Å²) in [5, 5.41) is 0. The molecule has 1 unspecified atom stereocenters. The molecule has 0 aromatic carbocycles. The second-order valence-electron chi connectivity index (χ2n) is 1.42. The molecule has 4 nitrogen and oxygen atoms in total. The molecule has 8 heavy (non-hydrogen) atoms. The van der Waals surface area contributed by atoms with Gasteiger partial charge in [0, 0.05) is 6.92 Å². The Bertz CT molecular complexity index is 96.2. The standard InChI is InChI=1S/C4H6O4/c1-3(5)7-4-2-6-8-4/h4H,2H2,1H3. The highest BCUT2D eigenvalue weighted by molar-refractivity contribution is 5.66. The van der Waals surface area contributed by atoms with E-state index in [-0.39, 0.29) is 5.97 Å². The Morgan fingerprint density at radius 2 is 2.50 bits per heavy atom. The number of carbonyl (C=O) groups excluding carboxylic acids is 1. The lowest BCUT2D eigenvalue weighted by Gasteiger charge is -2.22. The zero-order chi connectivity index (χ0) is 5.98. The quantitative estimate of drug-likeness (QED) is 0.354. The van der Waals surface area contributed by atoms with E-state index in [2.05, 4.69) is 14.5 Å². The van der Waals surface area contributed by atoms with Gasteiger partial charge in [0.1, 0.15) is 6.61 Å². The van der Waals surface area contributed by atoms with Gasteiger partial charge < -0.3 is 4.74 Å². The van der Waals surface area contributed by atoms with Crippen molar-refractivity contribution in [3.05, 3.63) is 0 Å². The maximum atomic E-state index is 10.1. The van der Waals surface area contributed by atoms with Gasteiger partial charge in [-0.2, -0.15) is 4.89 Å². The van der Waals surface area contributed by atoms with Gasteiger partial charge in [-0.1, -0.05) is 0 Å². The van der Waals surface area contributed by atoms with Gasteiger partial charge in [0.2, 0.25) is 0 Å². The van der Waals surface area contributed by atoms with Crippen molar-refractivity contribution in [3.8, 4) is 0 Å². The zero-order valence-electron chi connectivity index (χ0n) is 4.42. The van der Waals surface area contributed by atoms with Gasteiger partial charge in [-0.05, 0) is 0 Å². The largest absolute Gasteiger partial charge is 0.430 e. The molecule has 1 aliphatic rings. The maximum Gasteiger partial charge on any atom is 0.305 e. The van der Waals surface area contributed by atoms with Crippen molar-refractivity contribution in [2.45, 2.75) is 13.2 Å². The summed E-state index contributed by atoms with van der Waals surface area (Å²) >= 11 is 0. The molecule has 0 aromatic rings. The summed E-state index contributed by atoms with van der Waals surface area (Å²) in [6.07, 6.45) is -0.465. The van der Waals surface area contributed by atoms with Crippen LogP contribution in [-0.2, 0) is 19.3 Å². The molecule has 4 heteroatoms. The van der Waals surface area contributed by atoms with Crippen LogP contribution < -0.4 is 0 Å². The number of hydrogen-bond acceptors (Lipinski definition) is 4. The van der Waals surface area contributed by atoms with Crippen molar-refractivity contribution >= 4 is 5.97 Å². The van der Waals surface area contributed by atoms with E-state index in [4.69, 9.17) is 0 Å². The molecule has 0 amide bonds. The first kappa shape index (κ1) is 5.53. The molecular formula is C4H6O4. The van der Waals surface area contributed by atoms with Crippen LogP contribution in [0.15, 0.2) is 0 Å². The van der Waals surface area contributed by atoms with Crippen LogP contribution in [0.1, 0.15) is 6.92 Å². The third-order valence-electron chi connectivity index (χ3n) is 0.677. The van der Waals surface area contributed by atoms with Gasteiger partial charge >= 0.3 is 5.97 Å². The second kappa shape index (κ2) is 2.11. The predicted octanol–water partition coefficient (Wildman–Crippen LogP) is -0.163. The highest BCUT2D eigenvalue weighted by Crippen LogP contribution is 2.06. The zero-order valence-corrected chi connectivity index (χ0v) is 4.42. The number of rotatable bonds is 1. The van der Waals surface area contributed by atoms with Gasteiger partial charge in [0.15, 0.2) is 0 Å². The Hall–Kier alpha value is -0.610. The molecule has 1 aliphatic heterocycles. The lowest BCUT2D eigenvalue weighted by Crippen LogP contribution is -2.34. The Balaban J connectivity index is 2.09. The first-order valence-electron chi connectivity index (χ1n) is 2.24. The first-order valence-corrected chi connectivity index (χ1v) is 2.24. The Labute approximate surface area is 46.3 Å². The first-order chi connectivity index (χ1) is 3.79. The molecule has 0 radical (unpaired) electrons. The molecule has 0 spiro atoms. The highest BCUT2D eigenvalue weighted by atomic mass is 17.3. The summed E-state index contributed by atoms with van der Waals surface area (Å²) in [5.41, 5.74) is 0. The van der Waals surface area contributed by atoms with Gasteiger partial charge in [-0.3, -0.25) is 4.79 Å². The van der Waals surface area contributed by atoms with E-state index in [0.29, 0.717) is 6.61 Å². The second-order valence-corrected chi connectivity index (χ2v) is 1.42. The Morgan fingerprint density at radius 3 is 2.62 bits per heavy atom. The summed E-state index contributed by atoms with van der Waals surface area (Å²) in [6, 6.07) is 0. The van der Waals surface area contributed by atoms with Crippen LogP contribution in [-0.4, -0.2) is 18.9 Å². The van der Waals surface area contributed by atoms with Gasteiger partial charge in [-0.25, -0.2) is 4.89 Å².